The van der Waals surface area contributed by atoms with Crippen LogP contribution in [0.15, 0.2) is 146 Å². The molecule has 20 aliphatic carbocycles. The fourth-order valence-electron chi connectivity index (χ4n) is 36.0. The van der Waals surface area contributed by atoms with E-state index < -0.39 is 27.1 Å². The van der Waals surface area contributed by atoms with Crippen molar-refractivity contribution in [3.63, 3.8) is 0 Å². The second kappa shape index (κ2) is 17.6. The number of esters is 4. The van der Waals surface area contributed by atoms with E-state index in [1.807, 2.05) is 97.6 Å². The summed E-state index contributed by atoms with van der Waals surface area (Å²) >= 11 is 0. The first-order valence-electron chi connectivity index (χ1n) is 38.0. The van der Waals surface area contributed by atoms with Crippen molar-refractivity contribution in [2.75, 3.05) is 26.4 Å². The number of hydrogen-bond donors (Lipinski definition) is 0. The molecule has 0 radical (unpaired) electrons. The topological polar surface area (TPSA) is 121 Å². The Morgan fingerprint density at radius 3 is 1.59 bits per heavy atom. The van der Waals surface area contributed by atoms with E-state index in [1.54, 1.807) is 5.57 Å². The van der Waals surface area contributed by atoms with Gasteiger partial charge in [0.1, 0.15) is 0 Å². The third-order valence-corrected chi connectivity index (χ3v) is 35.6. The van der Waals surface area contributed by atoms with Gasteiger partial charge in [-0.05, 0) is 242 Å². The van der Waals surface area contributed by atoms with Gasteiger partial charge < -0.3 is 18.9 Å². The number of rotatable bonds is 17. The zero-order valence-electron chi connectivity index (χ0n) is 54.2. The highest BCUT2D eigenvalue weighted by Crippen LogP contribution is 3.10. The van der Waals surface area contributed by atoms with Crippen LogP contribution in [0.1, 0.15) is 64.7 Å². The molecule has 0 saturated heterocycles. The van der Waals surface area contributed by atoms with Crippen LogP contribution in [0.3, 0.4) is 0 Å². The summed E-state index contributed by atoms with van der Waals surface area (Å²) in [6, 6.07) is 24.5. The van der Waals surface area contributed by atoms with Crippen LogP contribution in [0.4, 0.5) is 0 Å². The Morgan fingerprint density at radius 2 is 0.968 bits per heavy atom. The fourth-order valence-corrected chi connectivity index (χ4v) is 36.0. The van der Waals surface area contributed by atoms with Crippen molar-refractivity contribution in [3.05, 3.63) is 146 Å². The van der Waals surface area contributed by atoms with E-state index in [2.05, 4.69) is 68.2 Å². The minimum absolute atomic E-state index is 0.175. The summed E-state index contributed by atoms with van der Waals surface area (Å²) in [5.41, 5.74) is -3.10. The van der Waals surface area contributed by atoms with E-state index in [0.29, 0.717) is 180 Å². The standard InChI is InChI=1S/C82H90N4O8/c1-77(73(87)91-32-28-83-20-6-2-7-21-83,74(88)92-33-29-84-22-8-3-9-23-84)79-19-17-44-38-45-37-43-16-18-78-41-48-40-47-39-46-36-42-14-15-49(79)55-50(42)56-52(46)65-67-63-60(56)59(55)66-62-58(54(44)71(66)79)51(45)57-53(43)70(78)68(64(57)61(62)63)72(67)80(69(47)65)81(82(48,78)80,75(89)93-34-30-85-24-10-4-11-25-85)76(90)94-35-31-86-26-12-5-13-27-86/h2-13,16,18,20-27,39,42-46,48-72H,14-15,17,19,28-38,40-41H2,1H3/q+4. The summed E-state index contributed by atoms with van der Waals surface area (Å²) in [6.45, 7) is 5.17. The lowest BCUT2D eigenvalue weighted by molar-refractivity contribution is -0.698. The summed E-state index contributed by atoms with van der Waals surface area (Å²) in [6.07, 6.45) is 35.2. The highest BCUT2D eigenvalue weighted by molar-refractivity contribution is 6.09. The zero-order chi connectivity index (χ0) is 61.6. The summed E-state index contributed by atoms with van der Waals surface area (Å²) in [5.74, 6) is 13.9. The molecule has 482 valence electrons. The van der Waals surface area contributed by atoms with E-state index in [1.165, 1.54) is 25.7 Å². The van der Waals surface area contributed by atoms with Crippen LogP contribution in [0.25, 0.3) is 0 Å². The Labute approximate surface area is 551 Å². The van der Waals surface area contributed by atoms with Gasteiger partial charge in [0.15, 0.2) is 113 Å². The molecule has 24 rings (SSSR count). The lowest BCUT2D eigenvalue weighted by Gasteiger charge is -2.73. The number of carbonyl (C=O) groups is 4. The van der Waals surface area contributed by atoms with E-state index in [9.17, 15) is 0 Å². The van der Waals surface area contributed by atoms with Gasteiger partial charge in [-0.1, -0.05) is 48.1 Å². The molecular formula is C82H90N4O8+4. The Morgan fingerprint density at radius 1 is 0.468 bits per heavy atom. The molecule has 0 N–H and O–H groups in total. The number of aromatic nitrogens is 4. The molecule has 12 nitrogen and oxygen atoms in total. The molecule has 12 heteroatoms. The SMILES string of the molecule is CC(C(=O)OCC[n+]1ccccc1)(C(=O)OCC[n+]1ccccc1)C12CCC3CC4CC5C=CC67CC8CC9=CC%10CC%11CCC1C1C%11C%11C%10C%10C%12C%13C%11C1C1C%11C%13C%13C(C4C%11C3C12)C5C6C%13C%12C1(C9%10)C(C(=O)OCC[n+]2ccccc2)(C(=O)OCC[n+]2ccccc2)C871. The van der Waals surface area contributed by atoms with Crippen molar-refractivity contribution >= 4 is 23.9 Å². The molecule has 20 aliphatic rings. The lowest BCUT2D eigenvalue weighted by atomic mass is 9.30. The van der Waals surface area contributed by atoms with Gasteiger partial charge in [0.2, 0.25) is 0 Å². The van der Waals surface area contributed by atoms with Crippen LogP contribution in [0, 0.1) is 210 Å². The number of fused-ring (bicyclic) bond motifs is 1. The smallest absolute Gasteiger partial charge is 0.325 e. The molecule has 34 unspecified atom stereocenters. The number of carbonyl (C=O) groups excluding carboxylic acids is 4. The summed E-state index contributed by atoms with van der Waals surface area (Å²) in [7, 11) is 0. The maximum absolute atomic E-state index is 17.1. The monoisotopic (exact) mass is 1260 g/mol. The second-order valence-electron chi connectivity index (χ2n) is 35.9. The van der Waals surface area contributed by atoms with Gasteiger partial charge >= 0.3 is 23.9 Å². The first kappa shape index (κ1) is 54.0. The van der Waals surface area contributed by atoms with E-state index in [4.69, 9.17) is 18.9 Å². The first-order chi connectivity index (χ1) is 46.2. The van der Waals surface area contributed by atoms with Gasteiger partial charge in [-0.2, -0.15) is 0 Å². The molecule has 94 heavy (non-hydrogen) atoms. The number of pyridine rings is 4. The molecule has 0 aromatic carbocycles. The number of allylic oxidation sites excluding steroid dienone is 4. The fraction of sp³-hybridized carbons (Fsp3) is 0.659. The van der Waals surface area contributed by atoms with Crippen molar-refractivity contribution in [1.29, 1.82) is 0 Å². The van der Waals surface area contributed by atoms with Gasteiger partial charge in [-0.3, -0.25) is 19.2 Å². The Kier molecular flexibility index (Phi) is 10.1. The molecule has 34 atom stereocenters. The van der Waals surface area contributed by atoms with Crippen LogP contribution in [0.2, 0.25) is 0 Å². The van der Waals surface area contributed by atoms with E-state index in [0.717, 1.165) is 32.1 Å². The van der Waals surface area contributed by atoms with Gasteiger partial charge in [0.05, 0.1) is 0 Å². The number of nitrogens with zero attached hydrogens (tertiary/aromatic N) is 4. The van der Waals surface area contributed by atoms with Crippen LogP contribution in [-0.4, -0.2) is 50.3 Å². The Hall–Kier alpha value is -6.04. The molecular weight excluding hydrogens is 1170 g/mol. The van der Waals surface area contributed by atoms with Gasteiger partial charge in [0, 0.05) is 70.2 Å². The van der Waals surface area contributed by atoms with Crippen molar-refractivity contribution < 1.29 is 56.4 Å². The lowest BCUT2D eigenvalue weighted by Crippen LogP contribution is -2.71. The molecule has 0 aliphatic heterocycles. The first-order valence-corrected chi connectivity index (χ1v) is 38.0. The van der Waals surface area contributed by atoms with E-state index >= 15 is 19.2 Å². The van der Waals surface area contributed by atoms with Crippen molar-refractivity contribution in [1.82, 2.24) is 0 Å². The third-order valence-electron chi connectivity index (χ3n) is 35.6. The van der Waals surface area contributed by atoms with Gasteiger partial charge in [0.25, 0.3) is 0 Å². The van der Waals surface area contributed by atoms with Crippen LogP contribution >= 0.6 is 0 Å². The predicted octanol–water partition coefficient (Wildman–Crippen LogP) is 8.80. The predicted molar refractivity (Wildman–Crippen MR) is 334 cm³/mol. The number of ether oxygens (including phenoxy) is 4. The van der Waals surface area contributed by atoms with Crippen LogP contribution in [0.5, 0.6) is 0 Å². The quantitative estimate of drug-likeness (QED) is 0.0339. The molecule has 18 saturated carbocycles. The molecule has 4 heterocycles. The summed E-state index contributed by atoms with van der Waals surface area (Å²) in [4.78, 5) is 67.4. The average molecular weight is 1260 g/mol. The normalized spacial score (nSPS) is 52.1. The highest BCUT2D eigenvalue weighted by Gasteiger charge is 3.13. The Balaban J connectivity index is 0.717. The maximum Gasteiger partial charge on any atom is 0.325 e. The minimum Gasteiger partial charge on any atom is -0.458 e. The van der Waals surface area contributed by atoms with Crippen molar-refractivity contribution in [3.8, 4) is 0 Å². The number of hydrogen-bond acceptors (Lipinski definition) is 8. The van der Waals surface area contributed by atoms with Crippen molar-refractivity contribution in [2.45, 2.75) is 90.9 Å². The average Bonchev–Trinajstić information content (AvgIpc) is 1.36. The highest BCUT2D eigenvalue weighted by atomic mass is 16.6. The molecule has 18 fully saturated rings. The Bertz CT molecular complexity index is 3960. The largest absolute Gasteiger partial charge is 0.458 e. The van der Waals surface area contributed by atoms with Crippen LogP contribution < -0.4 is 18.3 Å². The summed E-state index contributed by atoms with van der Waals surface area (Å²) in [5, 5.41) is 0. The molecule has 0 amide bonds. The maximum atomic E-state index is 17.1. The van der Waals surface area contributed by atoms with Crippen molar-refractivity contribution in [2.24, 2.45) is 210 Å². The van der Waals surface area contributed by atoms with Gasteiger partial charge in [-0.25, -0.2) is 18.3 Å². The van der Waals surface area contributed by atoms with E-state index in [-0.39, 0.29) is 79.4 Å². The molecule has 4 aromatic heterocycles. The molecule has 0 bridgehead atoms. The second-order valence-corrected chi connectivity index (χ2v) is 35.9. The van der Waals surface area contributed by atoms with Crippen LogP contribution in [-0.2, 0) is 64.3 Å². The zero-order valence-corrected chi connectivity index (χ0v) is 54.2. The summed E-state index contributed by atoms with van der Waals surface area (Å²) < 4.78 is 36.3. The minimum atomic E-state index is -1.48. The molecule has 4 aromatic rings. The van der Waals surface area contributed by atoms with Gasteiger partial charge in [-0.15, -0.1) is 0 Å². The third kappa shape index (κ3) is 5.40. The molecule has 3 spiro atoms.